The summed E-state index contributed by atoms with van der Waals surface area (Å²) in [6.45, 7) is 10.1. The standard InChI is InChI=1S/C17H22O3/c1-10-9-19-16-8-17(4)6-5-15(20-12(3)18)11(2)14(17)7-13(10)16/h9,14-15H,2,5-8H2,1,3-4H3/t14?,15-,17+/m0/s1. The van der Waals surface area contributed by atoms with E-state index >= 15 is 0 Å². The van der Waals surface area contributed by atoms with Crippen molar-refractivity contribution in [3.05, 3.63) is 35.3 Å². The molecule has 2 aliphatic carbocycles. The Morgan fingerprint density at radius 1 is 1.55 bits per heavy atom. The van der Waals surface area contributed by atoms with Crippen molar-refractivity contribution in [3.8, 4) is 0 Å². The molecule has 3 atom stereocenters. The van der Waals surface area contributed by atoms with E-state index in [2.05, 4.69) is 20.4 Å². The summed E-state index contributed by atoms with van der Waals surface area (Å²) in [6.07, 6.45) is 5.60. The molecule has 108 valence electrons. The van der Waals surface area contributed by atoms with Crippen LogP contribution in [0.2, 0.25) is 0 Å². The van der Waals surface area contributed by atoms with Gasteiger partial charge in [-0.25, -0.2) is 0 Å². The smallest absolute Gasteiger partial charge is 0.303 e. The van der Waals surface area contributed by atoms with Crippen molar-refractivity contribution in [2.24, 2.45) is 11.3 Å². The molecule has 0 spiro atoms. The highest BCUT2D eigenvalue weighted by Crippen LogP contribution is 2.51. The number of hydrogen-bond acceptors (Lipinski definition) is 3. The second-order valence-electron chi connectivity index (χ2n) is 6.62. The number of rotatable bonds is 1. The number of ether oxygens (including phenoxy) is 1. The molecule has 2 aliphatic rings. The van der Waals surface area contributed by atoms with Gasteiger partial charge in [0.15, 0.2) is 0 Å². The molecular formula is C17H22O3. The summed E-state index contributed by atoms with van der Waals surface area (Å²) in [7, 11) is 0. The number of carbonyl (C=O) groups excluding carboxylic acids is 1. The molecule has 0 saturated heterocycles. The average Bonchev–Trinajstić information content (AvgIpc) is 2.72. The molecule has 20 heavy (non-hydrogen) atoms. The van der Waals surface area contributed by atoms with Crippen LogP contribution in [0.1, 0.15) is 43.6 Å². The molecule has 1 unspecified atom stereocenters. The van der Waals surface area contributed by atoms with Crippen LogP contribution in [0.4, 0.5) is 0 Å². The van der Waals surface area contributed by atoms with Gasteiger partial charge in [-0.05, 0) is 54.2 Å². The summed E-state index contributed by atoms with van der Waals surface area (Å²) in [5, 5.41) is 0. The van der Waals surface area contributed by atoms with E-state index in [-0.39, 0.29) is 17.5 Å². The fraction of sp³-hybridized carbons (Fsp3) is 0.588. The van der Waals surface area contributed by atoms with Gasteiger partial charge >= 0.3 is 5.97 Å². The largest absolute Gasteiger partial charge is 0.469 e. The van der Waals surface area contributed by atoms with Gasteiger partial charge in [-0.1, -0.05) is 13.5 Å². The minimum Gasteiger partial charge on any atom is -0.469 e. The Balaban J connectivity index is 1.90. The van der Waals surface area contributed by atoms with Gasteiger partial charge in [-0.3, -0.25) is 4.79 Å². The quantitative estimate of drug-likeness (QED) is 0.580. The van der Waals surface area contributed by atoms with Gasteiger partial charge in [0.25, 0.3) is 0 Å². The van der Waals surface area contributed by atoms with E-state index in [1.54, 1.807) is 0 Å². The highest BCUT2D eigenvalue weighted by atomic mass is 16.5. The SMILES string of the molecule is C=C1C2Cc3c(C)coc3C[C@@]2(C)CC[C@@H]1OC(C)=O. The molecule has 0 bridgehead atoms. The van der Waals surface area contributed by atoms with E-state index in [4.69, 9.17) is 9.15 Å². The molecule has 3 rings (SSSR count). The highest BCUT2D eigenvalue weighted by Gasteiger charge is 2.47. The maximum Gasteiger partial charge on any atom is 0.303 e. The molecule has 0 N–H and O–H groups in total. The van der Waals surface area contributed by atoms with E-state index in [0.717, 1.165) is 37.0 Å². The lowest BCUT2D eigenvalue weighted by molar-refractivity contribution is -0.146. The Morgan fingerprint density at radius 3 is 3.00 bits per heavy atom. The van der Waals surface area contributed by atoms with E-state index < -0.39 is 0 Å². The zero-order valence-electron chi connectivity index (χ0n) is 12.5. The normalized spacial score (nSPS) is 32.5. The molecule has 0 radical (unpaired) electrons. The van der Waals surface area contributed by atoms with E-state index in [1.165, 1.54) is 18.1 Å². The van der Waals surface area contributed by atoms with E-state index in [1.807, 2.05) is 6.26 Å². The van der Waals surface area contributed by atoms with Crippen LogP contribution < -0.4 is 0 Å². The maximum atomic E-state index is 11.2. The number of aryl methyl sites for hydroxylation is 1. The first kappa shape index (κ1) is 13.5. The van der Waals surface area contributed by atoms with Crippen molar-refractivity contribution in [1.29, 1.82) is 0 Å². The van der Waals surface area contributed by atoms with Gasteiger partial charge in [-0.2, -0.15) is 0 Å². The lowest BCUT2D eigenvalue weighted by atomic mass is 9.58. The molecule has 3 nitrogen and oxygen atoms in total. The fourth-order valence-electron chi connectivity index (χ4n) is 3.93. The van der Waals surface area contributed by atoms with Crippen molar-refractivity contribution < 1.29 is 13.9 Å². The third-order valence-electron chi connectivity index (χ3n) is 5.15. The molecule has 1 heterocycles. The summed E-state index contributed by atoms with van der Waals surface area (Å²) in [5.41, 5.74) is 3.83. The van der Waals surface area contributed by atoms with Crippen LogP contribution in [0.3, 0.4) is 0 Å². The van der Waals surface area contributed by atoms with Crippen molar-refractivity contribution in [2.45, 2.75) is 52.6 Å². The Kier molecular flexibility index (Phi) is 3.03. The summed E-state index contributed by atoms with van der Waals surface area (Å²) in [6, 6.07) is 0. The molecule has 3 heteroatoms. The Labute approximate surface area is 120 Å². The Morgan fingerprint density at radius 2 is 2.30 bits per heavy atom. The second kappa shape index (κ2) is 4.51. The van der Waals surface area contributed by atoms with Crippen molar-refractivity contribution >= 4 is 5.97 Å². The summed E-state index contributed by atoms with van der Waals surface area (Å²) >= 11 is 0. The van der Waals surface area contributed by atoms with E-state index in [0.29, 0.717) is 5.92 Å². The number of carbonyl (C=O) groups is 1. The van der Waals surface area contributed by atoms with Crippen molar-refractivity contribution in [2.75, 3.05) is 0 Å². The molecule has 0 amide bonds. The first-order chi connectivity index (χ1) is 9.40. The predicted octanol–water partition coefficient (Wildman–Crippen LogP) is 3.59. The lowest BCUT2D eigenvalue weighted by Crippen LogP contribution is -2.44. The molecule has 1 fully saturated rings. The fourth-order valence-corrected chi connectivity index (χ4v) is 3.93. The summed E-state index contributed by atoms with van der Waals surface area (Å²) in [4.78, 5) is 11.2. The van der Waals surface area contributed by atoms with Crippen molar-refractivity contribution in [3.63, 3.8) is 0 Å². The zero-order valence-corrected chi connectivity index (χ0v) is 12.5. The first-order valence-corrected chi connectivity index (χ1v) is 7.32. The van der Waals surface area contributed by atoms with Gasteiger partial charge in [0.05, 0.1) is 6.26 Å². The van der Waals surface area contributed by atoms with Gasteiger partial charge in [0, 0.05) is 13.3 Å². The molecule has 1 aromatic heterocycles. The van der Waals surface area contributed by atoms with Gasteiger partial charge in [0.1, 0.15) is 11.9 Å². The Bertz CT molecular complexity index is 569. The Hall–Kier alpha value is -1.51. The van der Waals surface area contributed by atoms with Crippen LogP contribution in [-0.4, -0.2) is 12.1 Å². The third kappa shape index (κ3) is 2.00. The number of esters is 1. The van der Waals surface area contributed by atoms with E-state index in [9.17, 15) is 4.79 Å². The van der Waals surface area contributed by atoms with Crippen LogP contribution in [0.25, 0.3) is 0 Å². The van der Waals surface area contributed by atoms with Gasteiger partial charge in [-0.15, -0.1) is 0 Å². The minimum absolute atomic E-state index is 0.112. The third-order valence-corrected chi connectivity index (χ3v) is 5.15. The average molecular weight is 274 g/mol. The summed E-state index contributed by atoms with van der Waals surface area (Å²) < 4.78 is 11.1. The molecular weight excluding hydrogens is 252 g/mol. The topological polar surface area (TPSA) is 39.4 Å². The van der Waals surface area contributed by atoms with Gasteiger partial charge < -0.3 is 9.15 Å². The monoisotopic (exact) mass is 274 g/mol. The van der Waals surface area contributed by atoms with Crippen LogP contribution in [0.15, 0.2) is 22.8 Å². The number of furan rings is 1. The number of fused-ring (bicyclic) bond motifs is 2. The highest BCUT2D eigenvalue weighted by molar-refractivity contribution is 5.66. The van der Waals surface area contributed by atoms with Crippen LogP contribution in [0.5, 0.6) is 0 Å². The van der Waals surface area contributed by atoms with Gasteiger partial charge in [0.2, 0.25) is 0 Å². The zero-order chi connectivity index (χ0) is 14.5. The van der Waals surface area contributed by atoms with Crippen LogP contribution in [0, 0.1) is 18.3 Å². The predicted molar refractivity (Wildman–Crippen MR) is 76.4 cm³/mol. The molecule has 0 aliphatic heterocycles. The second-order valence-corrected chi connectivity index (χ2v) is 6.62. The minimum atomic E-state index is -0.212. The first-order valence-electron chi connectivity index (χ1n) is 7.32. The molecule has 0 aromatic carbocycles. The molecule has 1 saturated carbocycles. The lowest BCUT2D eigenvalue weighted by Gasteiger charge is -2.47. The summed E-state index contributed by atoms with van der Waals surface area (Å²) in [5.74, 6) is 1.31. The maximum absolute atomic E-state index is 11.2. The van der Waals surface area contributed by atoms with Crippen LogP contribution >= 0.6 is 0 Å². The van der Waals surface area contributed by atoms with Crippen LogP contribution in [-0.2, 0) is 22.4 Å². The molecule has 1 aromatic rings. The number of hydrogen-bond donors (Lipinski definition) is 0. The van der Waals surface area contributed by atoms with Crippen molar-refractivity contribution in [1.82, 2.24) is 0 Å².